The number of carbonyl (C=O) groups excluding carboxylic acids is 1. The van der Waals surface area contributed by atoms with Gasteiger partial charge < -0.3 is 14.4 Å². The van der Waals surface area contributed by atoms with E-state index in [0.717, 1.165) is 12.8 Å². The Morgan fingerprint density at radius 3 is 2.88 bits per heavy atom. The van der Waals surface area contributed by atoms with Crippen molar-refractivity contribution >= 4 is 17.5 Å². The third-order valence-corrected chi connectivity index (χ3v) is 2.96. The number of nitrogens with zero attached hydrogens (tertiary/aromatic N) is 1. The number of hydrogen-bond donors (Lipinski definition) is 1. The third kappa shape index (κ3) is 2.57. The minimum Gasteiger partial charge on any atom is -0.440 e. The van der Waals surface area contributed by atoms with Gasteiger partial charge in [0.25, 0.3) is 5.91 Å². The van der Waals surface area contributed by atoms with Gasteiger partial charge in [-0.05, 0) is 42.5 Å². The lowest BCUT2D eigenvalue weighted by atomic mass is 10.2. The van der Waals surface area contributed by atoms with Gasteiger partial charge >= 0.3 is 0 Å². The molecule has 88 valence electrons. The first-order valence-electron chi connectivity index (χ1n) is 5.27. The summed E-state index contributed by atoms with van der Waals surface area (Å²) in [5.41, 5.74) is 0. The van der Waals surface area contributed by atoms with Crippen LogP contribution in [0.3, 0.4) is 0 Å². The highest BCUT2D eigenvalue weighted by molar-refractivity contribution is 6.29. The number of amides is 1. The first-order valence-corrected chi connectivity index (χ1v) is 5.64. The van der Waals surface area contributed by atoms with E-state index < -0.39 is 6.10 Å². The number of furan rings is 1. The van der Waals surface area contributed by atoms with Crippen LogP contribution in [0.5, 0.6) is 0 Å². The average Bonchev–Trinajstić information content (AvgIpc) is 3.00. The molecule has 0 bridgehead atoms. The van der Waals surface area contributed by atoms with E-state index in [1.165, 1.54) is 17.0 Å². The van der Waals surface area contributed by atoms with Gasteiger partial charge in [-0.15, -0.1) is 0 Å². The first-order chi connectivity index (χ1) is 7.58. The molecular weight excluding hydrogens is 230 g/mol. The summed E-state index contributed by atoms with van der Waals surface area (Å²) in [5.74, 6) is 0.303. The number of rotatable bonds is 4. The molecule has 0 radical (unpaired) electrons. The maximum atomic E-state index is 11.8. The zero-order valence-corrected chi connectivity index (χ0v) is 9.78. The summed E-state index contributed by atoms with van der Waals surface area (Å²) in [7, 11) is 1.64. The van der Waals surface area contributed by atoms with Crippen LogP contribution in [-0.4, -0.2) is 35.6 Å². The molecule has 1 unspecified atom stereocenters. The Morgan fingerprint density at radius 2 is 2.38 bits per heavy atom. The second-order valence-electron chi connectivity index (χ2n) is 4.19. The zero-order valence-electron chi connectivity index (χ0n) is 9.02. The Bertz CT molecular complexity index is 386. The highest BCUT2D eigenvalue weighted by Crippen LogP contribution is 2.32. The molecule has 0 saturated heterocycles. The molecule has 1 N–H and O–H groups in total. The summed E-state index contributed by atoms with van der Waals surface area (Å²) >= 11 is 5.59. The lowest BCUT2D eigenvalue weighted by Gasteiger charge is -2.19. The van der Waals surface area contributed by atoms with Gasteiger partial charge in [-0.3, -0.25) is 4.79 Å². The number of likely N-dealkylation sites (N-methyl/N-ethyl adjacent to an activating group) is 1. The van der Waals surface area contributed by atoms with Crippen LogP contribution in [-0.2, 0) is 0 Å². The third-order valence-electron chi connectivity index (χ3n) is 2.76. The predicted molar refractivity (Wildman–Crippen MR) is 59.4 cm³/mol. The van der Waals surface area contributed by atoms with Crippen molar-refractivity contribution in [3.63, 3.8) is 0 Å². The molecule has 16 heavy (non-hydrogen) atoms. The van der Waals surface area contributed by atoms with Gasteiger partial charge in [0.05, 0.1) is 6.10 Å². The lowest BCUT2D eigenvalue weighted by Crippen LogP contribution is -2.35. The van der Waals surface area contributed by atoms with Crippen molar-refractivity contribution in [2.24, 2.45) is 5.92 Å². The average molecular weight is 244 g/mol. The number of halogens is 1. The highest BCUT2D eigenvalue weighted by Gasteiger charge is 2.31. The van der Waals surface area contributed by atoms with Crippen LogP contribution in [0.2, 0.25) is 5.22 Å². The molecule has 1 heterocycles. The predicted octanol–water partition coefficient (Wildman–Crippen LogP) is 1.78. The zero-order chi connectivity index (χ0) is 11.7. The van der Waals surface area contributed by atoms with E-state index in [1.54, 1.807) is 7.05 Å². The van der Waals surface area contributed by atoms with E-state index >= 15 is 0 Å². The van der Waals surface area contributed by atoms with Gasteiger partial charge in [0, 0.05) is 13.6 Å². The smallest absolute Gasteiger partial charge is 0.289 e. The van der Waals surface area contributed by atoms with E-state index in [0.29, 0.717) is 12.5 Å². The van der Waals surface area contributed by atoms with Crippen LogP contribution in [0.1, 0.15) is 23.4 Å². The van der Waals surface area contributed by atoms with Crippen molar-refractivity contribution in [3.05, 3.63) is 23.1 Å². The van der Waals surface area contributed by atoms with Gasteiger partial charge in [-0.2, -0.15) is 0 Å². The summed E-state index contributed by atoms with van der Waals surface area (Å²) in [5, 5.41) is 9.90. The van der Waals surface area contributed by atoms with Crippen LogP contribution >= 0.6 is 11.6 Å². The van der Waals surface area contributed by atoms with Crippen molar-refractivity contribution in [1.82, 2.24) is 4.90 Å². The number of hydrogen-bond acceptors (Lipinski definition) is 3. The van der Waals surface area contributed by atoms with Gasteiger partial charge in [0.15, 0.2) is 11.0 Å². The molecule has 0 spiro atoms. The number of carbonyl (C=O) groups is 1. The van der Waals surface area contributed by atoms with Crippen molar-refractivity contribution in [1.29, 1.82) is 0 Å². The van der Waals surface area contributed by atoms with Crippen molar-refractivity contribution < 1.29 is 14.3 Å². The highest BCUT2D eigenvalue weighted by atomic mass is 35.5. The second-order valence-corrected chi connectivity index (χ2v) is 4.57. The molecule has 2 rings (SSSR count). The summed E-state index contributed by atoms with van der Waals surface area (Å²) < 4.78 is 5.02. The number of aliphatic hydroxyl groups excluding tert-OH is 1. The van der Waals surface area contributed by atoms with Gasteiger partial charge in [0.2, 0.25) is 0 Å². The second kappa shape index (κ2) is 4.47. The molecule has 1 fully saturated rings. The summed E-state index contributed by atoms with van der Waals surface area (Å²) in [4.78, 5) is 13.3. The Labute approximate surface area is 98.8 Å². The molecule has 1 aromatic heterocycles. The van der Waals surface area contributed by atoms with E-state index in [2.05, 4.69) is 0 Å². The monoisotopic (exact) mass is 243 g/mol. The summed E-state index contributed by atoms with van der Waals surface area (Å²) in [6, 6.07) is 3.06. The molecule has 0 aliphatic heterocycles. The fourth-order valence-electron chi connectivity index (χ4n) is 1.61. The standard InChI is InChI=1S/C11H14ClNO3/c1-13(6-8(14)7-2-3-7)11(15)9-4-5-10(12)16-9/h4-5,7-8,14H,2-3,6H2,1H3. The minimum atomic E-state index is -0.431. The fourth-order valence-corrected chi connectivity index (χ4v) is 1.76. The lowest BCUT2D eigenvalue weighted by molar-refractivity contribution is 0.0618. The maximum absolute atomic E-state index is 11.8. The Hall–Kier alpha value is -1.00. The van der Waals surface area contributed by atoms with Crippen LogP contribution in [0, 0.1) is 5.92 Å². The largest absolute Gasteiger partial charge is 0.440 e. The molecule has 1 aromatic rings. The SMILES string of the molecule is CN(CC(O)C1CC1)C(=O)c1ccc(Cl)o1. The van der Waals surface area contributed by atoms with E-state index in [4.69, 9.17) is 16.0 Å². The number of aliphatic hydroxyl groups is 1. The Kier molecular flexibility index (Phi) is 3.21. The summed E-state index contributed by atoms with van der Waals surface area (Å²) in [6.45, 7) is 0.335. The van der Waals surface area contributed by atoms with Gasteiger partial charge in [-0.25, -0.2) is 0 Å². The molecule has 1 aliphatic carbocycles. The Balaban J connectivity index is 1.93. The normalized spacial score (nSPS) is 17.2. The quantitative estimate of drug-likeness (QED) is 0.877. The van der Waals surface area contributed by atoms with Crippen LogP contribution in [0.15, 0.2) is 16.5 Å². The van der Waals surface area contributed by atoms with Crippen molar-refractivity contribution in [3.8, 4) is 0 Å². The molecule has 0 aromatic carbocycles. The van der Waals surface area contributed by atoms with E-state index in [-0.39, 0.29) is 16.9 Å². The molecule has 1 saturated carbocycles. The topological polar surface area (TPSA) is 53.7 Å². The van der Waals surface area contributed by atoms with Crippen LogP contribution in [0.4, 0.5) is 0 Å². The molecular formula is C11H14ClNO3. The van der Waals surface area contributed by atoms with Crippen LogP contribution in [0.25, 0.3) is 0 Å². The van der Waals surface area contributed by atoms with E-state index in [9.17, 15) is 9.90 Å². The fraction of sp³-hybridized carbons (Fsp3) is 0.545. The Morgan fingerprint density at radius 1 is 1.69 bits per heavy atom. The van der Waals surface area contributed by atoms with Gasteiger partial charge in [0.1, 0.15) is 0 Å². The van der Waals surface area contributed by atoms with Crippen LogP contribution < -0.4 is 0 Å². The molecule has 4 nitrogen and oxygen atoms in total. The minimum absolute atomic E-state index is 0.194. The molecule has 1 amide bonds. The van der Waals surface area contributed by atoms with Crippen molar-refractivity contribution in [2.45, 2.75) is 18.9 Å². The maximum Gasteiger partial charge on any atom is 0.289 e. The first kappa shape index (κ1) is 11.5. The molecule has 1 aliphatic rings. The van der Waals surface area contributed by atoms with Gasteiger partial charge in [-0.1, -0.05) is 0 Å². The van der Waals surface area contributed by atoms with E-state index in [1.807, 2.05) is 0 Å². The molecule has 5 heteroatoms. The van der Waals surface area contributed by atoms with Crippen molar-refractivity contribution in [2.75, 3.05) is 13.6 Å². The molecule has 1 atom stereocenters. The summed E-state index contributed by atoms with van der Waals surface area (Å²) in [6.07, 6.45) is 1.67.